The van der Waals surface area contributed by atoms with E-state index in [0.29, 0.717) is 0 Å². The first-order chi connectivity index (χ1) is 10.6. The van der Waals surface area contributed by atoms with Gasteiger partial charge in [0, 0.05) is 11.5 Å². The number of ether oxygens (including phenoxy) is 1. The summed E-state index contributed by atoms with van der Waals surface area (Å²) in [5.41, 5.74) is 4.40. The van der Waals surface area contributed by atoms with Crippen molar-refractivity contribution in [1.82, 2.24) is 0 Å². The average Bonchev–Trinajstić information content (AvgIpc) is 2.85. The van der Waals surface area contributed by atoms with Gasteiger partial charge in [0.1, 0.15) is 0 Å². The fourth-order valence-corrected chi connectivity index (χ4v) is 4.31. The number of carbonyl (C=O) groups excluding carboxylic acids is 1. The highest BCUT2D eigenvalue weighted by Gasteiger charge is 2.55. The summed E-state index contributed by atoms with van der Waals surface area (Å²) in [6, 6.07) is 8.00. The largest absolute Gasteiger partial charge is 0.362 e. The molecule has 1 saturated heterocycles. The molecule has 0 aromatic heterocycles. The zero-order valence-corrected chi connectivity index (χ0v) is 13.0. The van der Waals surface area contributed by atoms with Gasteiger partial charge in [-0.05, 0) is 43.4 Å². The van der Waals surface area contributed by atoms with Crippen LogP contribution in [0.15, 0.2) is 59.7 Å². The number of Topliss-reactive ketones (excluding diaryl/α,β-unsaturated/α-hetero) is 1. The van der Waals surface area contributed by atoms with Crippen molar-refractivity contribution < 1.29 is 9.53 Å². The Hall–Kier alpha value is -1.93. The minimum Gasteiger partial charge on any atom is -0.362 e. The van der Waals surface area contributed by atoms with Crippen molar-refractivity contribution in [2.75, 3.05) is 0 Å². The molecule has 22 heavy (non-hydrogen) atoms. The Morgan fingerprint density at radius 2 is 2.09 bits per heavy atom. The van der Waals surface area contributed by atoms with Crippen LogP contribution in [0.2, 0.25) is 0 Å². The molecule has 4 rings (SSSR count). The Kier molecular flexibility index (Phi) is 2.98. The molecule has 2 nitrogen and oxygen atoms in total. The summed E-state index contributed by atoms with van der Waals surface area (Å²) < 4.78 is 6.39. The molecule has 1 fully saturated rings. The van der Waals surface area contributed by atoms with Crippen LogP contribution in [0.3, 0.4) is 0 Å². The van der Waals surface area contributed by atoms with Crippen LogP contribution in [-0.2, 0) is 4.74 Å². The molecule has 1 aromatic rings. The quantitative estimate of drug-likeness (QED) is 0.758. The minimum atomic E-state index is -0.311. The summed E-state index contributed by atoms with van der Waals surface area (Å²) in [5, 5.41) is 0. The molecular formula is C20H20O2. The Morgan fingerprint density at radius 3 is 2.91 bits per heavy atom. The number of hydrogen-bond donors (Lipinski definition) is 0. The van der Waals surface area contributed by atoms with E-state index in [2.05, 4.69) is 37.3 Å². The van der Waals surface area contributed by atoms with Crippen molar-refractivity contribution in [3.8, 4) is 0 Å². The first kappa shape index (κ1) is 13.7. The molecule has 0 radical (unpaired) electrons. The average molecular weight is 292 g/mol. The summed E-state index contributed by atoms with van der Waals surface area (Å²) in [5.74, 6) is 0.383. The van der Waals surface area contributed by atoms with Gasteiger partial charge in [0.15, 0.2) is 5.78 Å². The normalized spacial score (nSPS) is 32.3. The summed E-state index contributed by atoms with van der Waals surface area (Å²) in [6.45, 7) is 3.84. The number of allylic oxidation sites excluding steroid dienone is 3. The van der Waals surface area contributed by atoms with E-state index in [1.54, 1.807) is 6.92 Å². The second kappa shape index (κ2) is 4.79. The fourth-order valence-electron chi connectivity index (χ4n) is 4.31. The monoisotopic (exact) mass is 292 g/mol. The summed E-state index contributed by atoms with van der Waals surface area (Å²) in [7, 11) is 0. The zero-order chi connectivity index (χ0) is 15.3. The number of hydrogen-bond acceptors (Lipinski definition) is 2. The summed E-state index contributed by atoms with van der Waals surface area (Å²) in [6.07, 6.45) is 10.7. The third-order valence-corrected chi connectivity index (χ3v) is 5.33. The van der Waals surface area contributed by atoms with Gasteiger partial charge in [-0.1, -0.05) is 48.6 Å². The molecule has 2 heteroatoms. The van der Waals surface area contributed by atoms with Crippen LogP contribution < -0.4 is 0 Å². The molecule has 3 unspecified atom stereocenters. The Bertz CT molecular complexity index is 738. The van der Waals surface area contributed by atoms with E-state index in [4.69, 9.17) is 4.74 Å². The number of rotatable bonds is 2. The van der Waals surface area contributed by atoms with Gasteiger partial charge in [0.05, 0.1) is 11.7 Å². The van der Waals surface area contributed by atoms with E-state index < -0.39 is 0 Å². The topological polar surface area (TPSA) is 26.3 Å². The number of carbonyl (C=O) groups is 1. The molecule has 2 bridgehead atoms. The smallest absolute Gasteiger partial charge is 0.160 e. The molecule has 0 N–H and O–H groups in total. The van der Waals surface area contributed by atoms with E-state index in [1.807, 2.05) is 18.2 Å². The maximum atomic E-state index is 12.0. The van der Waals surface area contributed by atoms with Gasteiger partial charge >= 0.3 is 0 Å². The van der Waals surface area contributed by atoms with E-state index in [1.165, 1.54) is 11.1 Å². The first-order valence-electron chi connectivity index (χ1n) is 7.95. The van der Waals surface area contributed by atoms with E-state index in [9.17, 15) is 4.79 Å². The SMILES string of the molecule is CC(=O)c1ccccc1C1CC2OC1(C)C1=C2CC=CC=C1. The highest BCUT2D eigenvalue weighted by atomic mass is 16.5. The van der Waals surface area contributed by atoms with Crippen molar-refractivity contribution in [3.63, 3.8) is 0 Å². The van der Waals surface area contributed by atoms with Gasteiger partial charge in [-0.2, -0.15) is 0 Å². The van der Waals surface area contributed by atoms with Gasteiger partial charge in [0.25, 0.3) is 0 Å². The highest BCUT2D eigenvalue weighted by Crippen LogP contribution is 2.57. The Balaban J connectivity index is 1.82. The van der Waals surface area contributed by atoms with Crippen LogP contribution in [-0.4, -0.2) is 17.5 Å². The second-order valence-electron chi connectivity index (χ2n) is 6.58. The lowest BCUT2D eigenvalue weighted by Crippen LogP contribution is -2.32. The van der Waals surface area contributed by atoms with Crippen LogP contribution in [0.1, 0.15) is 48.5 Å². The lowest BCUT2D eigenvalue weighted by Gasteiger charge is -2.32. The van der Waals surface area contributed by atoms with Crippen molar-refractivity contribution in [2.45, 2.75) is 44.3 Å². The second-order valence-corrected chi connectivity index (χ2v) is 6.58. The fraction of sp³-hybridized carbons (Fsp3) is 0.350. The number of ketones is 1. The molecule has 1 aliphatic carbocycles. The summed E-state index contributed by atoms with van der Waals surface area (Å²) in [4.78, 5) is 12.0. The molecular weight excluding hydrogens is 272 g/mol. The Labute approximate surface area is 131 Å². The van der Waals surface area contributed by atoms with Crippen LogP contribution >= 0.6 is 0 Å². The van der Waals surface area contributed by atoms with E-state index in [-0.39, 0.29) is 23.4 Å². The maximum Gasteiger partial charge on any atom is 0.160 e. The lowest BCUT2D eigenvalue weighted by atomic mass is 9.70. The van der Waals surface area contributed by atoms with Crippen LogP contribution in [0, 0.1) is 0 Å². The van der Waals surface area contributed by atoms with Crippen LogP contribution in [0.25, 0.3) is 0 Å². The van der Waals surface area contributed by atoms with E-state index in [0.717, 1.165) is 24.0 Å². The van der Waals surface area contributed by atoms with Crippen molar-refractivity contribution in [2.24, 2.45) is 0 Å². The lowest BCUT2D eigenvalue weighted by molar-refractivity contribution is 0.0322. The van der Waals surface area contributed by atoms with Gasteiger partial charge in [-0.3, -0.25) is 4.79 Å². The van der Waals surface area contributed by atoms with Crippen LogP contribution in [0.4, 0.5) is 0 Å². The zero-order valence-electron chi connectivity index (χ0n) is 13.0. The molecule has 3 aliphatic rings. The third kappa shape index (κ3) is 1.80. The predicted octanol–water partition coefficient (Wildman–Crippen LogP) is 4.35. The van der Waals surface area contributed by atoms with Gasteiger partial charge in [-0.15, -0.1) is 0 Å². The molecule has 112 valence electrons. The maximum absolute atomic E-state index is 12.0. The molecule has 0 amide bonds. The molecule has 0 spiro atoms. The number of fused-ring (bicyclic) bond motifs is 4. The minimum absolute atomic E-state index is 0.134. The molecule has 2 aliphatic heterocycles. The molecule has 3 atom stereocenters. The third-order valence-electron chi connectivity index (χ3n) is 5.33. The standard InChI is InChI=1S/C20H20O2/c1-13(21)14-8-6-7-9-15(14)18-12-19-16-10-4-3-5-11-17(16)20(18,2)22-19/h3-9,11,18-19H,10,12H2,1-2H3. The van der Waals surface area contributed by atoms with E-state index >= 15 is 0 Å². The van der Waals surface area contributed by atoms with Crippen molar-refractivity contribution in [3.05, 3.63) is 70.8 Å². The molecule has 1 aromatic carbocycles. The predicted molar refractivity (Wildman–Crippen MR) is 87.0 cm³/mol. The van der Waals surface area contributed by atoms with Crippen molar-refractivity contribution in [1.29, 1.82) is 0 Å². The van der Waals surface area contributed by atoms with Gasteiger partial charge in [0.2, 0.25) is 0 Å². The number of benzene rings is 1. The highest BCUT2D eigenvalue weighted by molar-refractivity contribution is 5.95. The van der Waals surface area contributed by atoms with Gasteiger partial charge in [-0.25, -0.2) is 0 Å². The summed E-state index contributed by atoms with van der Waals surface area (Å²) >= 11 is 0. The molecule has 2 heterocycles. The van der Waals surface area contributed by atoms with Crippen LogP contribution in [0.5, 0.6) is 0 Å². The van der Waals surface area contributed by atoms with Crippen molar-refractivity contribution >= 4 is 5.78 Å². The van der Waals surface area contributed by atoms with Gasteiger partial charge < -0.3 is 4.74 Å². The Morgan fingerprint density at radius 1 is 1.27 bits per heavy atom. The first-order valence-corrected chi connectivity index (χ1v) is 7.95. The molecule has 0 saturated carbocycles.